The lowest BCUT2D eigenvalue weighted by molar-refractivity contribution is 0.0346. The van der Waals surface area contributed by atoms with Gasteiger partial charge in [0, 0.05) is 18.2 Å². The van der Waals surface area contributed by atoms with Crippen molar-refractivity contribution in [1.82, 2.24) is 24.8 Å². The number of rotatable bonds is 7. The van der Waals surface area contributed by atoms with Crippen molar-refractivity contribution in [2.45, 2.75) is 37.9 Å². The molecule has 0 aliphatic carbocycles. The summed E-state index contributed by atoms with van der Waals surface area (Å²) in [5.41, 5.74) is -0.214. The molecule has 1 N–H and O–H groups in total. The standard InChI is InChI=1S/C23H22F3N5O4S/c1-4-36(33,34)22-27-10-18(30-22)21(32)31-8-7-15-19(11-31)28-12-29-20(15)35-14-5-6-16(17(24)9-14)23(25,26)13(2)3/h5-6,9-10,12H,2,4,7-8,11H2,1,3H3,(H,27,30). The number of fused-ring (bicyclic) bond motifs is 1. The van der Waals surface area contributed by atoms with Crippen LogP contribution in [0.15, 0.2) is 48.0 Å². The molecule has 1 aromatic carbocycles. The first-order chi connectivity index (χ1) is 16.9. The van der Waals surface area contributed by atoms with Crippen LogP contribution < -0.4 is 4.74 Å². The first kappa shape index (κ1) is 25.4. The van der Waals surface area contributed by atoms with Gasteiger partial charge in [0.15, 0.2) is 0 Å². The van der Waals surface area contributed by atoms with E-state index in [2.05, 4.69) is 26.5 Å². The molecule has 13 heteroatoms. The van der Waals surface area contributed by atoms with Crippen molar-refractivity contribution < 1.29 is 31.1 Å². The summed E-state index contributed by atoms with van der Waals surface area (Å²) in [5, 5.41) is -0.275. The Morgan fingerprint density at radius 3 is 2.69 bits per heavy atom. The van der Waals surface area contributed by atoms with Crippen molar-refractivity contribution >= 4 is 15.7 Å². The summed E-state index contributed by atoms with van der Waals surface area (Å²) in [4.78, 5) is 29.0. The third-order valence-corrected chi connectivity index (χ3v) is 7.30. The summed E-state index contributed by atoms with van der Waals surface area (Å²) in [6.07, 6.45) is 2.68. The van der Waals surface area contributed by atoms with E-state index in [9.17, 15) is 26.4 Å². The highest BCUT2D eigenvalue weighted by Gasteiger charge is 2.36. The van der Waals surface area contributed by atoms with Crippen LogP contribution in [0.3, 0.4) is 0 Å². The lowest BCUT2D eigenvalue weighted by Gasteiger charge is -2.28. The Balaban J connectivity index is 1.53. The molecular weight excluding hydrogens is 499 g/mol. The Morgan fingerprint density at radius 1 is 1.28 bits per heavy atom. The molecule has 0 atom stereocenters. The number of ether oxygens (including phenoxy) is 1. The maximum atomic E-state index is 14.4. The molecule has 4 rings (SSSR count). The van der Waals surface area contributed by atoms with Gasteiger partial charge in [0.1, 0.15) is 23.6 Å². The Bertz CT molecular complexity index is 1460. The number of benzene rings is 1. The van der Waals surface area contributed by atoms with Crippen LogP contribution >= 0.6 is 0 Å². The minimum Gasteiger partial charge on any atom is -0.439 e. The number of amides is 1. The predicted octanol–water partition coefficient (Wildman–Crippen LogP) is 3.79. The molecule has 0 bridgehead atoms. The van der Waals surface area contributed by atoms with Gasteiger partial charge in [-0.1, -0.05) is 13.5 Å². The van der Waals surface area contributed by atoms with E-state index < -0.39 is 38.6 Å². The first-order valence-electron chi connectivity index (χ1n) is 10.9. The molecule has 0 spiro atoms. The Hall–Kier alpha value is -3.74. The van der Waals surface area contributed by atoms with Crippen LogP contribution in [0.4, 0.5) is 13.2 Å². The maximum absolute atomic E-state index is 14.4. The van der Waals surface area contributed by atoms with Gasteiger partial charge in [-0.05, 0) is 31.1 Å². The van der Waals surface area contributed by atoms with Crippen LogP contribution in [0, 0.1) is 5.82 Å². The number of aromatic amines is 1. The second kappa shape index (κ2) is 9.37. The number of alkyl halides is 2. The maximum Gasteiger partial charge on any atom is 0.296 e. The lowest BCUT2D eigenvalue weighted by Crippen LogP contribution is -2.37. The van der Waals surface area contributed by atoms with Gasteiger partial charge >= 0.3 is 0 Å². The van der Waals surface area contributed by atoms with Gasteiger partial charge in [0.25, 0.3) is 11.8 Å². The number of halogens is 3. The van der Waals surface area contributed by atoms with E-state index in [1.165, 1.54) is 30.4 Å². The normalized spacial score (nSPS) is 13.9. The molecule has 1 aliphatic rings. The monoisotopic (exact) mass is 521 g/mol. The third kappa shape index (κ3) is 4.70. The van der Waals surface area contributed by atoms with E-state index in [4.69, 9.17) is 4.74 Å². The number of hydrogen-bond donors (Lipinski definition) is 1. The van der Waals surface area contributed by atoms with Gasteiger partial charge in [0.2, 0.25) is 20.9 Å². The number of allylic oxidation sites excluding steroid dienone is 1. The van der Waals surface area contributed by atoms with Gasteiger partial charge in [-0.2, -0.15) is 8.78 Å². The van der Waals surface area contributed by atoms with Crippen molar-refractivity contribution in [1.29, 1.82) is 0 Å². The fourth-order valence-electron chi connectivity index (χ4n) is 3.62. The molecule has 3 aromatic rings. The molecular formula is C23H22F3N5O4S. The predicted molar refractivity (Wildman–Crippen MR) is 122 cm³/mol. The molecule has 1 amide bonds. The average Bonchev–Trinajstić information content (AvgIpc) is 3.34. The van der Waals surface area contributed by atoms with E-state index in [0.717, 1.165) is 19.1 Å². The molecule has 0 saturated heterocycles. The number of hydrogen-bond acceptors (Lipinski definition) is 7. The van der Waals surface area contributed by atoms with Crippen LogP contribution in [0.1, 0.15) is 41.2 Å². The number of carbonyl (C=O) groups excluding carboxylic acids is 1. The Kier molecular flexibility index (Phi) is 6.60. The minimum absolute atomic E-state index is 0.0260. The van der Waals surface area contributed by atoms with Gasteiger partial charge in [-0.25, -0.2) is 27.8 Å². The zero-order chi connectivity index (χ0) is 26.3. The molecule has 0 fully saturated rings. The second-order valence-electron chi connectivity index (χ2n) is 8.18. The number of aromatic nitrogens is 4. The van der Waals surface area contributed by atoms with Crippen LogP contribution in [-0.4, -0.2) is 51.5 Å². The van der Waals surface area contributed by atoms with Crippen molar-refractivity contribution in [3.63, 3.8) is 0 Å². The number of carbonyl (C=O) groups is 1. The summed E-state index contributed by atoms with van der Waals surface area (Å²) >= 11 is 0. The summed E-state index contributed by atoms with van der Waals surface area (Å²) in [6.45, 7) is 6.12. The number of imidazole rings is 1. The minimum atomic E-state index is -3.59. The van der Waals surface area contributed by atoms with E-state index in [-0.39, 0.29) is 41.3 Å². The largest absolute Gasteiger partial charge is 0.439 e. The van der Waals surface area contributed by atoms with Crippen molar-refractivity contribution in [2.24, 2.45) is 0 Å². The summed E-state index contributed by atoms with van der Waals surface area (Å²) in [6, 6.07) is 2.99. The van der Waals surface area contributed by atoms with Gasteiger partial charge < -0.3 is 14.6 Å². The highest BCUT2D eigenvalue weighted by atomic mass is 32.2. The molecule has 9 nitrogen and oxygen atoms in total. The highest BCUT2D eigenvalue weighted by molar-refractivity contribution is 7.91. The van der Waals surface area contributed by atoms with Crippen LogP contribution in [0.5, 0.6) is 11.6 Å². The van der Waals surface area contributed by atoms with Crippen LogP contribution in [0.2, 0.25) is 0 Å². The molecule has 190 valence electrons. The van der Waals surface area contributed by atoms with E-state index >= 15 is 0 Å². The number of H-pyrrole nitrogens is 1. The lowest BCUT2D eigenvalue weighted by atomic mass is 10.0. The number of sulfone groups is 1. The average molecular weight is 522 g/mol. The van der Waals surface area contributed by atoms with Gasteiger partial charge in [-0.15, -0.1) is 0 Å². The number of nitrogens with zero attached hydrogens (tertiary/aromatic N) is 4. The molecule has 2 aromatic heterocycles. The van der Waals surface area contributed by atoms with Crippen molar-refractivity contribution in [3.8, 4) is 11.6 Å². The highest BCUT2D eigenvalue weighted by Crippen LogP contribution is 2.38. The fraction of sp³-hybridized carbons (Fsp3) is 0.304. The zero-order valence-corrected chi connectivity index (χ0v) is 20.2. The SMILES string of the molecule is C=C(C)C(F)(F)c1ccc(Oc2ncnc3c2CCN(C(=O)c2cnc(S(=O)(=O)CC)[nH]2)C3)cc1F. The quantitative estimate of drug-likeness (QED) is 0.470. The Morgan fingerprint density at radius 2 is 2.03 bits per heavy atom. The van der Waals surface area contributed by atoms with Gasteiger partial charge in [0.05, 0.1) is 29.8 Å². The van der Waals surface area contributed by atoms with E-state index in [1.54, 1.807) is 0 Å². The second-order valence-corrected chi connectivity index (χ2v) is 10.4. The molecule has 0 radical (unpaired) electrons. The summed E-state index contributed by atoms with van der Waals surface area (Å²) in [7, 11) is -3.59. The molecule has 36 heavy (non-hydrogen) atoms. The smallest absolute Gasteiger partial charge is 0.296 e. The fourth-order valence-corrected chi connectivity index (χ4v) is 4.37. The third-order valence-electron chi connectivity index (χ3n) is 5.74. The topological polar surface area (TPSA) is 118 Å². The van der Waals surface area contributed by atoms with Crippen LogP contribution in [0.25, 0.3) is 0 Å². The molecule has 0 unspecified atom stereocenters. The van der Waals surface area contributed by atoms with Crippen molar-refractivity contribution in [2.75, 3.05) is 12.3 Å². The summed E-state index contributed by atoms with van der Waals surface area (Å²) < 4.78 is 72.3. The molecule has 3 heterocycles. The summed E-state index contributed by atoms with van der Waals surface area (Å²) in [5.74, 6) is -5.21. The van der Waals surface area contributed by atoms with Crippen LogP contribution in [-0.2, 0) is 28.7 Å². The molecule has 1 aliphatic heterocycles. The Labute approximate surface area is 205 Å². The van der Waals surface area contributed by atoms with Gasteiger partial charge in [-0.3, -0.25) is 4.79 Å². The van der Waals surface area contributed by atoms with E-state index in [1.807, 2.05) is 0 Å². The first-order valence-corrected chi connectivity index (χ1v) is 12.5. The zero-order valence-electron chi connectivity index (χ0n) is 19.4. The van der Waals surface area contributed by atoms with Crippen molar-refractivity contribution in [3.05, 3.63) is 71.2 Å². The molecule has 0 saturated carbocycles. The van der Waals surface area contributed by atoms with E-state index in [0.29, 0.717) is 17.7 Å². The number of nitrogens with one attached hydrogen (secondary N) is 1.